The Kier molecular flexibility index (Phi) is 6.58. The lowest BCUT2D eigenvalue weighted by molar-refractivity contribution is 0.102. The van der Waals surface area contributed by atoms with Crippen LogP contribution in [0.3, 0.4) is 0 Å². The molecule has 1 amide bonds. The minimum absolute atomic E-state index is 0.217. The molecule has 37 heavy (non-hydrogen) atoms. The van der Waals surface area contributed by atoms with Crippen molar-refractivity contribution in [3.63, 3.8) is 0 Å². The maximum atomic E-state index is 13.3. The third-order valence-electron chi connectivity index (χ3n) is 6.31. The van der Waals surface area contributed by atoms with Crippen LogP contribution in [-0.2, 0) is 16.4 Å². The third kappa shape index (κ3) is 4.75. The van der Waals surface area contributed by atoms with Crippen LogP contribution in [0.5, 0.6) is 0 Å². The minimum atomic E-state index is -3.75. The Labute approximate surface area is 220 Å². The molecule has 0 fully saturated rings. The fourth-order valence-electron chi connectivity index (χ4n) is 4.57. The number of nitrogens with zero attached hydrogens (tertiary/aromatic N) is 1. The maximum Gasteiger partial charge on any atom is 0.264 e. The van der Waals surface area contributed by atoms with Gasteiger partial charge in [-0.05, 0) is 67.4 Å². The first kappa shape index (κ1) is 24.7. The van der Waals surface area contributed by atoms with E-state index in [4.69, 9.17) is 11.6 Å². The molecule has 1 aliphatic rings. The summed E-state index contributed by atoms with van der Waals surface area (Å²) in [5.74, 6) is -0.674. The van der Waals surface area contributed by atoms with Gasteiger partial charge >= 0.3 is 0 Å². The molecule has 4 aromatic carbocycles. The van der Waals surface area contributed by atoms with Crippen LogP contribution in [0.4, 0.5) is 11.4 Å². The highest BCUT2D eigenvalue weighted by atomic mass is 35.5. The summed E-state index contributed by atoms with van der Waals surface area (Å²) in [5, 5.41) is 3.20. The molecular formula is C29H23ClN2O4S. The molecule has 0 spiro atoms. The molecule has 0 aliphatic carbocycles. The quantitative estimate of drug-likeness (QED) is 0.312. The van der Waals surface area contributed by atoms with Gasteiger partial charge in [-0.1, -0.05) is 60.1 Å². The van der Waals surface area contributed by atoms with Gasteiger partial charge in [-0.2, -0.15) is 0 Å². The molecule has 8 heteroatoms. The molecule has 1 aliphatic heterocycles. The first-order valence-electron chi connectivity index (χ1n) is 11.7. The van der Waals surface area contributed by atoms with Crippen LogP contribution in [0, 0.1) is 0 Å². The number of benzene rings is 4. The second-order valence-corrected chi connectivity index (χ2v) is 11.1. The van der Waals surface area contributed by atoms with Crippen LogP contribution in [0.15, 0.2) is 102 Å². The van der Waals surface area contributed by atoms with Crippen LogP contribution in [-0.4, -0.2) is 26.2 Å². The number of nitrogens with one attached hydrogen (secondary N) is 1. The largest absolute Gasteiger partial charge is 0.321 e. The monoisotopic (exact) mass is 530 g/mol. The second-order valence-electron chi connectivity index (χ2n) is 8.85. The Morgan fingerprint density at radius 2 is 1.54 bits per heavy atom. The Morgan fingerprint density at radius 3 is 2.24 bits per heavy atom. The molecule has 0 aromatic heterocycles. The lowest BCUT2D eigenvalue weighted by Crippen LogP contribution is -2.35. The summed E-state index contributed by atoms with van der Waals surface area (Å²) >= 11 is 6.16. The van der Waals surface area contributed by atoms with Crippen molar-refractivity contribution in [3.05, 3.63) is 124 Å². The van der Waals surface area contributed by atoms with E-state index >= 15 is 0 Å². The van der Waals surface area contributed by atoms with Gasteiger partial charge in [0.2, 0.25) is 0 Å². The fourth-order valence-corrected chi connectivity index (χ4v) is 6.45. The predicted molar refractivity (Wildman–Crippen MR) is 145 cm³/mol. The molecule has 1 heterocycles. The zero-order chi connectivity index (χ0) is 26.2. The number of ketones is 1. The first-order valence-corrected chi connectivity index (χ1v) is 13.5. The van der Waals surface area contributed by atoms with Gasteiger partial charge in [0.1, 0.15) is 0 Å². The SMILES string of the molecule is C[C@H]1Cc2cc(C(=O)Nc3ccc(Cl)cc3C(=O)c3ccccc3)ccc2N1S(=O)(=O)c1ccccc1. The van der Waals surface area contributed by atoms with E-state index in [1.807, 2.05) is 13.0 Å². The van der Waals surface area contributed by atoms with Crippen molar-refractivity contribution in [2.24, 2.45) is 0 Å². The van der Waals surface area contributed by atoms with E-state index in [0.717, 1.165) is 5.56 Å². The van der Waals surface area contributed by atoms with Gasteiger partial charge in [-0.15, -0.1) is 0 Å². The van der Waals surface area contributed by atoms with Crippen molar-refractivity contribution < 1.29 is 18.0 Å². The summed E-state index contributed by atoms with van der Waals surface area (Å²) < 4.78 is 28.0. The molecule has 0 saturated heterocycles. The summed E-state index contributed by atoms with van der Waals surface area (Å²) in [6.07, 6.45) is 0.473. The number of anilines is 2. The van der Waals surface area contributed by atoms with E-state index < -0.39 is 15.9 Å². The van der Waals surface area contributed by atoms with Crippen LogP contribution >= 0.6 is 11.6 Å². The lowest BCUT2D eigenvalue weighted by Gasteiger charge is -2.24. The smallest absolute Gasteiger partial charge is 0.264 e. The zero-order valence-corrected chi connectivity index (χ0v) is 21.5. The molecule has 1 N–H and O–H groups in total. The molecule has 5 rings (SSSR count). The van der Waals surface area contributed by atoms with Crippen molar-refractivity contribution in [3.8, 4) is 0 Å². The predicted octanol–water partition coefficient (Wildman–Crippen LogP) is 5.96. The van der Waals surface area contributed by atoms with Crippen molar-refractivity contribution in [2.75, 3.05) is 9.62 Å². The fraction of sp³-hybridized carbons (Fsp3) is 0.103. The number of carbonyl (C=O) groups is 2. The number of fused-ring (bicyclic) bond motifs is 1. The van der Waals surface area contributed by atoms with Crippen molar-refractivity contribution in [2.45, 2.75) is 24.3 Å². The second kappa shape index (κ2) is 9.84. The molecule has 0 bridgehead atoms. The third-order valence-corrected chi connectivity index (χ3v) is 8.48. The number of hydrogen-bond donors (Lipinski definition) is 1. The zero-order valence-electron chi connectivity index (χ0n) is 19.9. The molecule has 4 aromatic rings. The molecular weight excluding hydrogens is 508 g/mol. The number of sulfonamides is 1. The standard InChI is InChI=1S/C29H23ClN2O4S/c1-19-16-22-17-21(12-15-27(22)32(19)37(35,36)24-10-6-3-7-11-24)29(34)31-26-14-13-23(30)18-25(26)28(33)20-8-4-2-5-9-20/h2-15,17-19H,16H2,1H3,(H,31,34)/t19-/m0/s1. The Hall–Kier alpha value is -3.94. The van der Waals surface area contributed by atoms with Crippen LogP contribution in [0.25, 0.3) is 0 Å². The summed E-state index contributed by atoms with van der Waals surface area (Å²) in [4.78, 5) is 26.5. The van der Waals surface area contributed by atoms with Gasteiger partial charge in [-0.3, -0.25) is 13.9 Å². The van der Waals surface area contributed by atoms with E-state index in [-0.39, 0.29) is 22.3 Å². The highest BCUT2D eigenvalue weighted by Crippen LogP contribution is 2.37. The van der Waals surface area contributed by atoms with Gasteiger partial charge < -0.3 is 5.32 Å². The maximum absolute atomic E-state index is 13.3. The number of amides is 1. The Morgan fingerprint density at radius 1 is 0.865 bits per heavy atom. The topological polar surface area (TPSA) is 83.6 Å². The number of rotatable bonds is 6. The van der Waals surface area contributed by atoms with Gasteiger partial charge in [0, 0.05) is 27.8 Å². The summed E-state index contributed by atoms with van der Waals surface area (Å²) in [7, 11) is -3.75. The first-order chi connectivity index (χ1) is 17.8. The van der Waals surface area contributed by atoms with Crippen molar-refractivity contribution >= 4 is 44.7 Å². The van der Waals surface area contributed by atoms with Gasteiger partial charge in [0.25, 0.3) is 15.9 Å². The average Bonchev–Trinajstić information content (AvgIpc) is 3.25. The Balaban J connectivity index is 1.43. The molecule has 0 radical (unpaired) electrons. The van der Waals surface area contributed by atoms with E-state index in [1.54, 1.807) is 84.9 Å². The molecule has 186 valence electrons. The molecule has 1 atom stereocenters. The van der Waals surface area contributed by atoms with E-state index in [2.05, 4.69) is 5.32 Å². The van der Waals surface area contributed by atoms with E-state index in [9.17, 15) is 18.0 Å². The molecule has 0 unspecified atom stereocenters. The number of carbonyl (C=O) groups excluding carboxylic acids is 2. The van der Waals surface area contributed by atoms with Crippen molar-refractivity contribution in [1.29, 1.82) is 0 Å². The highest BCUT2D eigenvalue weighted by Gasteiger charge is 2.36. The number of hydrogen-bond acceptors (Lipinski definition) is 4. The van der Waals surface area contributed by atoms with Gasteiger partial charge in [0.05, 0.1) is 16.3 Å². The van der Waals surface area contributed by atoms with Crippen LogP contribution < -0.4 is 9.62 Å². The summed E-state index contributed by atoms with van der Waals surface area (Å²) in [6.45, 7) is 1.84. The molecule has 0 saturated carbocycles. The van der Waals surface area contributed by atoms with Crippen molar-refractivity contribution in [1.82, 2.24) is 0 Å². The summed E-state index contributed by atoms with van der Waals surface area (Å²) in [6, 6.07) is 26.4. The van der Waals surface area contributed by atoms with Gasteiger partial charge in [-0.25, -0.2) is 8.42 Å². The lowest BCUT2D eigenvalue weighted by atomic mass is 10.0. The number of halogens is 1. The van der Waals surface area contributed by atoms with E-state index in [0.29, 0.717) is 33.9 Å². The average molecular weight is 531 g/mol. The highest BCUT2D eigenvalue weighted by molar-refractivity contribution is 7.92. The van der Waals surface area contributed by atoms with Crippen LogP contribution in [0.1, 0.15) is 38.8 Å². The summed E-state index contributed by atoms with van der Waals surface area (Å²) in [5.41, 5.74) is 2.77. The molecule has 6 nitrogen and oxygen atoms in total. The Bertz CT molecular complexity index is 1610. The normalized spacial score (nSPS) is 14.8. The van der Waals surface area contributed by atoms with E-state index in [1.165, 1.54) is 10.4 Å². The van der Waals surface area contributed by atoms with Crippen LogP contribution in [0.2, 0.25) is 5.02 Å². The minimum Gasteiger partial charge on any atom is -0.321 e. The van der Waals surface area contributed by atoms with Gasteiger partial charge in [0.15, 0.2) is 5.78 Å².